The van der Waals surface area contributed by atoms with Gasteiger partial charge in [0.2, 0.25) is 0 Å². The van der Waals surface area contributed by atoms with Crippen molar-refractivity contribution in [2.24, 2.45) is 11.8 Å². The first-order valence-corrected chi connectivity index (χ1v) is 9.72. The Morgan fingerprint density at radius 1 is 1.25 bits per heavy atom. The van der Waals surface area contributed by atoms with Gasteiger partial charge in [-0.3, -0.25) is 9.35 Å². The molecular weight excluding hydrogens is 332 g/mol. The van der Waals surface area contributed by atoms with Crippen LogP contribution in [-0.4, -0.2) is 36.9 Å². The minimum Gasteiger partial charge on any atom is -0.462 e. The molecule has 2 fully saturated rings. The molecule has 1 aromatic rings. The fourth-order valence-corrected chi connectivity index (χ4v) is 3.88. The Bertz CT molecular complexity index is 668. The van der Waals surface area contributed by atoms with Gasteiger partial charge < -0.3 is 9.47 Å². The number of esters is 1. The van der Waals surface area contributed by atoms with Crippen molar-refractivity contribution in [2.45, 2.75) is 43.6 Å². The van der Waals surface area contributed by atoms with Gasteiger partial charge in [-0.05, 0) is 30.7 Å². The highest BCUT2D eigenvalue weighted by Gasteiger charge is 2.45. The van der Waals surface area contributed by atoms with E-state index < -0.39 is 21.5 Å². The number of benzene rings is 1. The first kappa shape index (κ1) is 17.4. The van der Waals surface area contributed by atoms with Crippen molar-refractivity contribution in [2.75, 3.05) is 6.61 Å². The molecule has 1 aromatic carbocycles. The van der Waals surface area contributed by atoms with Gasteiger partial charge in [0, 0.05) is 6.42 Å². The van der Waals surface area contributed by atoms with Gasteiger partial charge in [-0.15, -0.1) is 0 Å². The third-order valence-corrected chi connectivity index (χ3v) is 5.83. The van der Waals surface area contributed by atoms with Crippen molar-refractivity contribution in [3.05, 3.63) is 35.9 Å². The van der Waals surface area contributed by atoms with Crippen molar-refractivity contribution >= 4 is 16.1 Å². The smallest absolute Gasteiger partial charge is 0.309 e. The van der Waals surface area contributed by atoms with Crippen molar-refractivity contribution in [3.63, 3.8) is 0 Å². The third kappa shape index (κ3) is 4.55. The first-order valence-electron chi connectivity index (χ1n) is 8.22. The fraction of sp³-hybridized carbons (Fsp3) is 0.588. The second-order valence-electron chi connectivity index (χ2n) is 6.61. The topological polar surface area (TPSA) is 89.9 Å². The molecule has 0 unspecified atom stereocenters. The standard InChI is InChI=1S/C17H22O6S/c18-17-16(13-6-7-13)9-14(23-17)8-15(24(19,20)21)11-22-10-12-4-2-1-3-5-12/h1-5,13-16H,6-11H2,(H,19,20,21)/t14-,15-,16+/m1/s1. The van der Waals surface area contributed by atoms with Crippen LogP contribution in [0.25, 0.3) is 0 Å². The Morgan fingerprint density at radius 3 is 2.58 bits per heavy atom. The lowest BCUT2D eigenvalue weighted by atomic mass is 9.98. The lowest BCUT2D eigenvalue weighted by Gasteiger charge is -2.17. The second kappa shape index (κ2) is 7.21. The molecular formula is C17H22O6S. The minimum absolute atomic E-state index is 0.0720. The summed E-state index contributed by atoms with van der Waals surface area (Å²) in [5.41, 5.74) is 0.924. The number of ether oxygens (including phenoxy) is 2. The molecule has 0 amide bonds. The summed E-state index contributed by atoms with van der Waals surface area (Å²) in [4.78, 5) is 11.8. The Balaban J connectivity index is 1.53. The van der Waals surface area contributed by atoms with Crippen molar-refractivity contribution in [3.8, 4) is 0 Å². The summed E-state index contributed by atoms with van der Waals surface area (Å²) in [5, 5.41) is -1.09. The number of cyclic esters (lactones) is 1. The Hall–Kier alpha value is -1.44. The van der Waals surface area contributed by atoms with Gasteiger partial charge in [0.25, 0.3) is 10.1 Å². The van der Waals surface area contributed by atoms with Gasteiger partial charge in [0.05, 0.1) is 19.1 Å². The zero-order valence-corrected chi connectivity index (χ0v) is 14.2. The second-order valence-corrected chi connectivity index (χ2v) is 8.31. The van der Waals surface area contributed by atoms with Crippen LogP contribution in [-0.2, 0) is 31.0 Å². The zero-order valence-electron chi connectivity index (χ0n) is 13.3. The van der Waals surface area contributed by atoms with E-state index in [1.54, 1.807) is 0 Å². The molecule has 1 heterocycles. The molecule has 1 saturated heterocycles. The lowest BCUT2D eigenvalue weighted by molar-refractivity contribution is -0.145. The largest absolute Gasteiger partial charge is 0.462 e. The molecule has 6 nitrogen and oxygen atoms in total. The Labute approximate surface area is 141 Å². The first-order chi connectivity index (χ1) is 11.4. The number of carbonyl (C=O) groups is 1. The molecule has 1 aliphatic carbocycles. The molecule has 0 bridgehead atoms. The Morgan fingerprint density at radius 2 is 1.96 bits per heavy atom. The molecule has 24 heavy (non-hydrogen) atoms. The minimum atomic E-state index is -4.26. The normalized spacial score (nSPS) is 25.5. The SMILES string of the molecule is O=C1O[C@H](C[C@H](COCc2ccccc2)S(=O)(=O)O)C[C@H]1C1CC1. The molecule has 3 atom stereocenters. The molecule has 1 saturated carbocycles. The summed E-state index contributed by atoms with van der Waals surface area (Å²) >= 11 is 0. The lowest BCUT2D eigenvalue weighted by Crippen LogP contribution is -2.30. The van der Waals surface area contributed by atoms with Gasteiger partial charge in [-0.2, -0.15) is 8.42 Å². The fourth-order valence-electron chi connectivity index (χ4n) is 3.16. The van der Waals surface area contributed by atoms with Gasteiger partial charge in [-0.25, -0.2) is 0 Å². The maximum atomic E-state index is 11.8. The van der Waals surface area contributed by atoms with E-state index in [1.165, 1.54) is 0 Å². The van der Waals surface area contributed by atoms with Crippen LogP contribution < -0.4 is 0 Å². The van der Waals surface area contributed by atoms with E-state index in [1.807, 2.05) is 30.3 Å². The maximum Gasteiger partial charge on any atom is 0.309 e. The number of hydrogen-bond donors (Lipinski definition) is 1. The van der Waals surface area contributed by atoms with E-state index >= 15 is 0 Å². The van der Waals surface area contributed by atoms with Crippen LogP contribution in [0, 0.1) is 11.8 Å². The van der Waals surface area contributed by atoms with E-state index in [9.17, 15) is 17.8 Å². The summed E-state index contributed by atoms with van der Waals surface area (Å²) in [5.74, 6) is 0.0464. The Kier molecular flexibility index (Phi) is 5.22. The van der Waals surface area contributed by atoms with Crippen LogP contribution in [0.15, 0.2) is 30.3 Å². The van der Waals surface area contributed by atoms with Crippen LogP contribution in [0.4, 0.5) is 0 Å². The number of rotatable bonds is 8. The molecule has 1 aliphatic heterocycles. The van der Waals surface area contributed by atoms with Crippen molar-refractivity contribution in [1.82, 2.24) is 0 Å². The predicted molar refractivity (Wildman–Crippen MR) is 86.8 cm³/mol. The summed E-state index contributed by atoms with van der Waals surface area (Å²) in [6.07, 6.45) is 2.22. The monoisotopic (exact) mass is 354 g/mol. The average Bonchev–Trinajstić information content (AvgIpc) is 3.30. The van der Waals surface area contributed by atoms with Crippen molar-refractivity contribution < 1.29 is 27.2 Å². The third-order valence-electron chi connectivity index (χ3n) is 4.66. The highest BCUT2D eigenvalue weighted by Crippen LogP contribution is 2.43. The number of hydrogen-bond acceptors (Lipinski definition) is 5. The van der Waals surface area contributed by atoms with E-state index in [-0.39, 0.29) is 31.5 Å². The predicted octanol–water partition coefficient (Wildman–Crippen LogP) is 2.19. The summed E-state index contributed by atoms with van der Waals surface area (Å²) in [7, 11) is -4.26. The molecule has 0 aromatic heterocycles. The molecule has 2 aliphatic rings. The summed E-state index contributed by atoms with van der Waals surface area (Å²) < 4.78 is 43.4. The van der Waals surface area contributed by atoms with E-state index in [0.29, 0.717) is 12.3 Å². The molecule has 0 radical (unpaired) electrons. The van der Waals surface area contributed by atoms with Crippen LogP contribution in [0.1, 0.15) is 31.2 Å². The van der Waals surface area contributed by atoms with Crippen LogP contribution in [0.5, 0.6) is 0 Å². The molecule has 0 spiro atoms. The van der Waals surface area contributed by atoms with Crippen LogP contribution in [0.3, 0.4) is 0 Å². The van der Waals surface area contributed by atoms with Gasteiger partial charge in [-0.1, -0.05) is 30.3 Å². The molecule has 132 valence electrons. The van der Waals surface area contributed by atoms with Gasteiger partial charge in [0.15, 0.2) is 0 Å². The zero-order chi connectivity index (χ0) is 17.2. The summed E-state index contributed by atoms with van der Waals surface area (Å²) in [6, 6.07) is 9.38. The maximum absolute atomic E-state index is 11.8. The summed E-state index contributed by atoms with van der Waals surface area (Å²) in [6.45, 7) is 0.137. The van der Waals surface area contributed by atoms with Crippen molar-refractivity contribution in [1.29, 1.82) is 0 Å². The van der Waals surface area contributed by atoms with E-state index in [0.717, 1.165) is 18.4 Å². The average molecular weight is 354 g/mol. The van der Waals surface area contributed by atoms with Gasteiger partial charge in [0.1, 0.15) is 11.4 Å². The highest BCUT2D eigenvalue weighted by molar-refractivity contribution is 7.86. The number of carbonyl (C=O) groups excluding carboxylic acids is 1. The molecule has 7 heteroatoms. The molecule has 1 N–H and O–H groups in total. The van der Waals surface area contributed by atoms with Crippen LogP contribution in [0.2, 0.25) is 0 Å². The van der Waals surface area contributed by atoms with E-state index in [4.69, 9.17) is 9.47 Å². The van der Waals surface area contributed by atoms with Crippen LogP contribution >= 0.6 is 0 Å². The van der Waals surface area contributed by atoms with Gasteiger partial charge >= 0.3 is 5.97 Å². The highest BCUT2D eigenvalue weighted by atomic mass is 32.2. The van der Waals surface area contributed by atoms with E-state index in [2.05, 4.69) is 0 Å². The quantitative estimate of drug-likeness (QED) is 0.568. The molecule has 3 rings (SSSR count).